The first-order chi connectivity index (χ1) is 12.6. The first-order valence-corrected chi connectivity index (χ1v) is 9.88. The lowest BCUT2D eigenvalue weighted by Gasteiger charge is -2.22. The highest BCUT2D eigenvalue weighted by Gasteiger charge is 2.46. The van der Waals surface area contributed by atoms with Gasteiger partial charge in [-0.25, -0.2) is 8.42 Å². The van der Waals surface area contributed by atoms with Gasteiger partial charge in [0.05, 0.1) is 11.6 Å². The van der Waals surface area contributed by atoms with E-state index in [1.165, 1.54) is 17.7 Å². The van der Waals surface area contributed by atoms with Gasteiger partial charge in [-0.15, -0.1) is 0 Å². The maximum atomic E-state index is 12.7. The Morgan fingerprint density at radius 3 is 2.44 bits per heavy atom. The minimum Gasteiger partial charge on any atom is -0.357 e. The van der Waals surface area contributed by atoms with Crippen molar-refractivity contribution < 1.29 is 21.6 Å². The van der Waals surface area contributed by atoms with Gasteiger partial charge in [-0.2, -0.15) is 13.2 Å². The van der Waals surface area contributed by atoms with Crippen molar-refractivity contribution in [1.29, 1.82) is 0 Å². The number of halogens is 3. The van der Waals surface area contributed by atoms with Gasteiger partial charge in [-0.05, 0) is 55.3 Å². The Kier molecular flexibility index (Phi) is 5.18. The third-order valence-corrected chi connectivity index (χ3v) is 6.29. The molecule has 2 heterocycles. The quantitative estimate of drug-likeness (QED) is 0.789. The normalized spacial score (nSPS) is 18.9. The van der Waals surface area contributed by atoms with Gasteiger partial charge in [0.2, 0.25) is 0 Å². The molecule has 0 amide bonds. The molecule has 1 aromatic heterocycles. The summed E-state index contributed by atoms with van der Waals surface area (Å²) in [6, 6.07) is 7.09. The molecule has 2 aromatic rings. The Labute approximate surface area is 156 Å². The lowest BCUT2D eigenvalue weighted by molar-refractivity contribution is -0.0436. The van der Waals surface area contributed by atoms with Gasteiger partial charge in [0.25, 0.3) is 9.84 Å². The molecule has 0 unspecified atom stereocenters. The van der Waals surface area contributed by atoms with Crippen LogP contribution in [0.15, 0.2) is 47.6 Å². The molecule has 0 aliphatic carbocycles. The Bertz CT molecular complexity index is 914. The molecule has 0 saturated carbocycles. The summed E-state index contributed by atoms with van der Waals surface area (Å²) in [6.45, 7) is 6.13. The van der Waals surface area contributed by atoms with Crippen LogP contribution in [0.4, 0.5) is 18.9 Å². The minimum atomic E-state index is -5.32. The number of aromatic nitrogens is 1. The Morgan fingerprint density at radius 2 is 1.85 bits per heavy atom. The van der Waals surface area contributed by atoms with Gasteiger partial charge in [0.15, 0.2) is 0 Å². The Hall–Kier alpha value is -2.13. The highest BCUT2D eigenvalue weighted by molar-refractivity contribution is 7.92. The van der Waals surface area contributed by atoms with Crippen LogP contribution >= 0.6 is 0 Å². The Morgan fingerprint density at radius 1 is 1.19 bits per heavy atom. The largest absolute Gasteiger partial charge is 0.501 e. The number of hydrogen-bond acceptors (Lipinski definition) is 5. The van der Waals surface area contributed by atoms with Crippen molar-refractivity contribution in [3.8, 4) is 0 Å². The summed E-state index contributed by atoms with van der Waals surface area (Å²) < 4.78 is 60.9. The van der Waals surface area contributed by atoms with Crippen LogP contribution in [0.3, 0.4) is 0 Å². The fourth-order valence-corrected chi connectivity index (χ4v) is 3.87. The molecular weight excluding hydrogens is 379 g/mol. The van der Waals surface area contributed by atoms with Crippen molar-refractivity contribution in [1.82, 2.24) is 9.88 Å². The zero-order chi connectivity index (χ0) is 19.8. The van der Waals surface area contributed by atoms with Crippen LogP contribution in [-0.2, 0) is 16.4 Å². The van der Waals surface area contributed by atoms with Crippen LogP contribution in [0.25, 0.3) is 0 Å². The van der Waals surface area contributed by atoms with E-state index < -0.39 is 20.2 Å². The maximum absolute atomic E-state index is 12.7. The number of nitrogens with zero attached hydrogens (tertiary/aromatic N) is 3. The number of rotatable bonds is 4. The molecule has 9 heteroatoms. The second kappa shape index (κ2) is 7.12. The van der Waals surface area contributed by atoms with E-state index in [4.69, 9.17) is 0 Å². The van der Waals surface area contributed by atoms with E-state index in [-0.39, 0.29) is 6.04 Å². The topological polar surface area (TPSA) is 53.5 Å². The van der Waals surface area contributed by atoms with Crippen molar-refractivity contribution in [3.05, 3.63) is 53.9 Å². The molecule has 1 fully saturated rings. The average Bonchev–Trinajstić information content (AvgIpc) is 2.97. The van der Waals surface area contributed by atoms with E-state index in [1.54, 1.807) is 6.20 Å². The molecule has 146 valence electrons. The maximum Gasteiger partial charge on any atom is 0.501 e. The van der Waals surface area contributed by atoms with E-state index in [2.05, 4.69) is 16.8 Å². The molecular formula is C18H20F3N3O2S. The predicted molar refractivity (Wildman–Crippen MR) is 95.9 cm³/mol. The van der Waals surface area contributed by atoms with E-state index >= 15 is 0 Å². The number of anilines is 1. The molecule has 1 saturated heterocycles. The summed E-state index contributed by atoms with van der Waals surface area (Å²) >= 11 is 0. The van der Waals surface area contributed by atoms with Gasteiger partial charge in [-0.3, -0.25) is 9.88 Å². The second-order valence-corrected chi connectivity index (χ2v) is 8.65. The van der Waals surface area contributed by atoms with Crippen LogP contribution in [-0.4, -0.2) is 43.1 Å². The number of hydrogen-bond donors (Lipinski definition) is 0. The molecule has 0 bridgehead atoms. The van der Waals surface area contributed by atoms with Gasteiger partial charge in [-0.1, -0.05) is 0 Å². The summed E-state index contributed by atoms with van der Waals surface area (Å²) in [5.74, 6) is 0. The molecule has 1 aromatic carbocycles. The van der Waals surface area contributed by atoms with Gasteiger partial charge in [0, 0.05) is 37.2 Å². The summed E-state index contributed by atoms with van der Waals surface area (Å²) in [5.41, 5.74) is -2.33. The molecule has 1 aliphatic heterocycles. The van der Waals surface area contributed by atoms with Crippen LogP contribution in [0.1, 0.15) is 18.1 Å². The SMILES string of the molecule is Cc1cnccc1CN1CN(c2ccc(S(=O)(=O)C(F)(F)F)cc2)C[C@H]1C. The smallest absolute Gasteiger partial charge is 0.357 e. The van der Waals surface area contributed by atoms with Crippen molar-refractivity contribution in [2.45, 2.75) is 36.8 Å². The lowest BCUT2D eigenvalue weighted by atomic mass is 10.1. The zero-order valence-electron chi connectivity index (χ0n) is 14.9. The highest BCUT2D eigenvalue weighted by atomic mass is 32.2. The summed E-state index contributed by atoms with van der Waals surface area (Å²) in [5, 5.41) is 0. The van der Waals surface area contributed by atoms with Crippen LogP contribution < -0.4 is 4.90 Å². The highest BCUT2D eigenvalue weighted by Crippen LogP contribution is 2.32. The first kappa shape index (κ1) is 19.6. The number of pyridine rings is 1. The summed E-state index contributed by atoms with van der Waals surface area (Å²) in [4.78, 5) is 7.62. The van der Waals surface area contributed by atoms with E-state index in [0.717, 1.165) is 24.2 Å². The van der Waals surface area contributed by atoms with Crippen molar-refractivity contribution in [2.75, 3.05) is 18.1 Å². The number of aryl methyl sites for hydroxylation is 1. The second-order valence-electron chi connectivity index (χ2n) is 6.70. The molecule has 0 N–H and O–H groups in total. The third kappa shape index (κ3) is 3.93. The zero-order valence-corrected chi connectivity index (χ0v) is 15.8. The number of alkyl halides is 3. The van der Waals surface area contributed by atoms with Gasteiger partial charge >= 0.3 is 5.51 Å². The van der Waals surface area contributed by atoms with E-state index in [1.807, 2.05) is 24.1 Å². The van der Waals surface area contributed by atoms with Crippen LogP contribution in [0, 0.1) is 6.92 Å². The predicted octanol–water partition coefficient (Wildman–Crippen LogP) is 3.35. The van der Waals surface area contributed by atoms with Gasteiger partial charge < -0.3 is 4.90 Å². The van der Waals surface area contributed by atoms with Crippen LogP contribution in [0.5, 0.6) is 0 Å². The fourth-order valence-electron chi connectivity index (χ4n) is 3.11. The molecule has 5 nitrogen and oxygen atoms in total. The molecule has 1 atom stereocenters. The average molecular weight is 399 g/mol. The molecule has 0 radical (unpaired) electrons. The Balaban J connectivity index is 1.74. The van der Waals surface area contributed by atoms with Crippen molar-refractivity contribution in [2.24, 2.45) is 0 Å². The fraction of sp³-hybridized carbons (Fsp3) is 0.389. The van der Waals surface area contributed by atoms with Gasteiger partial charge in [0.1, 0.15) is 0 Å². The number of sulfone groups is 1. The molecule has 0 spiro atoms. The molecule has 27 heavy (non-hydrogen) atoms. The standard InChI is InChI=1S/C18H20F3N3O2S/c1-13-9-22-8-7-15(13)11-23-12-24(10-14(23)2)16-3-5-17(6-4-16)27(25,26)18(19,20)21/h3-9,14H,10-12H2,1-2H3/t14-/m1/s1. The van der Waals surface area contributed by atoms with Crippen molar-refractivity contribution >= 4 is 15.5 Å². The molecule has 1 aliphatic rings. The molecule has 3 rings (SSSR count). The van der Waals surface area contributed by atoms with Crippen molar-refractivity contribution in [3.63, 3.8) is 0 Å². The number of benzene rings is 1. The van der Waals surface area contributed by atoms with Crippen LogP contribution in [0.2, 0.25) is 0 Å². The summed E-state index contributed by atoms with van der Waals surface area (Å²) in [6.07, 6.45) is 3.56. The summed E-state index contributed by atoms with van der Waals surface area (Å²) in [7, 11) is -5.32. The monoisotopic (exact) mass is 399 g/mol. The van der Waals surface area contributed by atoms with E-state index in [9.17, 15) is 21.6 Å². The minimum absolute atomic E-state index is 0.246. The first-order valence-electron chi connectivity index (χ1n) is 8.39. The van der Waals surface area contributed by atoms with E-state index in [0.29, 0.717) is 18.9 Å². The third-order valence-electron chi connectivity index (χ3n) is 4.79. The lowest BCUT2D eigenvalue weighted by Crippen LogP contribution is -2.28.